The molecular formula is C34H66O3. The highest BCUT2D eigenvalue weighted by atomic mass is 16.5. The number of esters is 1. The molecule has 0 atom stereocenters. The van der Waals surface area contributed by atoms with Crippen molar-refractivity contribution in [1.82, 2.24) is 0 Å². The first-order valence-corrected chi connectivity index (χ1v) is 16.7. The van der Waals surface area contributed by atoms with E-state index in [9.17, 15) is 4.79 Å². The van der Waals surface area contributed by atoms with Gasteiger partial charge in [0, 0.05) is 13.0 Å². The first-order chi connectivity index (χ1) is 18.3. The minimum atomic E-state index is 0.00713. The lowest BCUT2D eigenvalue weighted by Gasteiger charge is -2.05. The maximum absolute atomic E-state index is 11.9. The van der Waals surface area contributed by atoms with Gasteiger partial charge in [0.25, 0.3) is 0 Å². The van der Waals surface area contributed by atoms with Crippen LogP contribution in [0.3, 0.4) is 0 Å². The summed E-state index contributed by atoms with van der Waals surface area (Å²) in [4.78, 5) is 11.9. The summed E-state index contributed by atoms with van der Waals surface area (Å²) in [5.74, 6) is 0.00713. The third kappa shape index (κ3) is 33.1. The molecule has 0 radical (unpaired) electrons. The van der Waals surface area contributed by atoms with Gasteiger partial charge in [0.2, 0.25) is 0 Å². The maximum Gasteiger partial charge on any atom is 0.305 e. The average molecular weight is 523 g/mol. The van der Waals surface area contributed by atoms with E-state index in [4.69, 9.17) is 9.84 Å². The number of hydrogen-bond acceptors (Lipinski definition) is 3. The van der Waals surface area contributed by atoms with Crippen LogP contribution in [0.25, 0.3) is 0 Å². The van der Waals surface area contributed by atoms with Gasteiger partial charge in [-0.1, -0.05) is 147 Å². The fraction of sp³-hybridized carbons (Fsp3) is 0.912. The third-order valence-electron chi connectivity index (χ3n) is 7.46. The van der Waals surface area contributed by atoms with Gasteiger partial charge in [-0.15, -0.1) is 0 Å². The van der Waals surface area contributed by atoms with Crippen molar-refractivity contribution >= 4 is 5.97 Å². The van der Waals surface area contributed by atoms with E-state index in [0.29, 0.717) is 19.6 Å². The van der Waals surface area contributed by atoms with Crippen LogP contribution >= 0.6 is 0 Å². The molecule has 0 aliphatic carbocycles. The molecule has 0 aromatic rings. The van der Waals surface area contributed by atoms with E-state index < -0.39 is 0 Å². The van der Waals surface area contributed by atoms with Crippen LogP contribution in [-0.2, 0) is 9.53 Å². The van der Waals surface area contributed by atoms with Gasteiger partial charge >= 0.3 is 5.97 Å². The summed E-state index contributed by atoms with van der Waals surface area (Å²) in [5, 5.41) is 8.77. The van der Waals surface area contributed by atoms with Gasteiger partial charge in [-0.2, -0.15) is 0 Å². The van der Waals surface area contributed by atoms with Crippen LogP contribution in [0.1, 0.15) is 187 Å². The van der Waals surface area contributed by atoms with Crippen molar-refractivity contribution in [2.45, 2.75) is 187 Å². The monoisotopic (exact) mass is 523 g/mol. The Kier molecular flexibility index (Phi) is 32.5. The zero-order chi connectivity index (χ0) is 26.9. The minimum Gasteiger partial charge on any atom is -0.466 e. The van der Waals surface area contributed by atoms with Gasteiger partial charge in [-0.25, -0.2) is 0 Å². The highest BCUT2D eigenvalue weighted by molar-refractivity contribution is 5.69. The molecule has 0 aromatic heterocycles. The van der Waals surface area contributed by atoms with E-state index in [1.54, 1.807) is 0 Å². The normalized spacial score (nSPS) is 11.5. The third-order valence-corrected chi connectivity index (χ3v) is 7.46. The first kappa shape index (κ1) is 36.2. The number of allylic oxidation sites excluding steroid dienone is 2. The molecular weight excluding hydrogens is 456 g/mol. The molecule has 1 N–H and O–H groups in total. The molecule has 3 heteroatoms. The summed E-state index contributed by atoms with van der Waals surface area (Å²) in [6.07, 6.45) is 39.9. The first-order valence-electron chi connectivity index (χ1n) is 16.7. The molecule has 0 amide bonds. The fourth-order valence-electron chi connectivity index (χ4n) is 4.93. The molecule has 0 aliphatic heterocycles. The summed E-state index contributed by atoms with van der Waals surface area (Å²) in [6.45, 7) is 3.23. The van der Waals surface area contributed by atoms with Gasteiger partial charge in [-0.3, -0.25) is 4.79 Å². The zero-order valence-corrected chi connectivity index (χ0v) is 25.1. The second kappa shape index (κ2) is 33.2. The van der Waals surface area contributed by atoms with Crippen molar-refractivity contribution < 1.29 is 14.6 Å². The Morgan fingerprint density at radius 3 is 1.35 bits per heavy atom. The number of carbonyl (C=O) groups excluding carboxylic acids is 1. The molecule has 220 valence electrons. The quantitative estimate of drug-likeness (QED) is 0.0559. The molecule has 0 saturated carbocycles. The molecule has 0 heterocycles. The Balaban J connectivity index is 3.17. The molecule has 0 fully saturated rings. The van der Waals surface area contributed by atoms with Crippen molar-refractivity contribution in [3.63, 3.8) is 0 Å². The van der Waals surface area contributed by atoms with Crippen LogP contribution in [-0.4, -0.2) is 24.3 Å². The van der Waals surface area contributed by atoms with E-state index >= 15 is 0 Å². The Hall–Kier alpha value is -0.830. The van der Waals surface area contributed by atoms with Crippen LogP contribution in [0.4, 0.5) is 0 Å². The van der Waals surface area contributed by atoms with E-state index in [2.05, 4.69) is 19.1 Å². The summed E-state index contributed by atoms with van der Waals surface area (Å²) in [5.41, 5.74) is 0. The summed E-state index contributed by atoms with van der Waals surface area (Å²) in [6, 6.07) is 0. The molecule has 0 spiro atoms. The number of hydrogen-bond donors (Lipinski definition) is 1. The van der Waals surface area contributed by atoms with Crippen molar-refractivity contribution in [3.05, 3.63) is 12.2 Å². The second-order valence-electron chi connectivity index (χ2n) is 11.2. The zero-order valence-electron chi connectivity index (χ0n) is 25.1. The lowest BCUT2D eigenvalue weighted by molar-refractivity contribution is -0.143. The van der Waals surface area contributed by atoms with Crippen molar-refractivity contribution in [3.8, 4) is 0 Å². The molecule has 0 saturated heterocycles. The number of carbonyl (C=O) groups is 1. The highest BCUT2D eigenvalue weighted by Crippen LogP contribution is 2.14. The Morgan fingerprint density at radius 2 is 0.892 bits per heavy atom. The van der Waals surface area contributed by atoms with Crippen LogP contribution in [0, 0.1) is 0 Å². The molecule has 3 nitrogen and oxygen atoms in total. The Bertz CT molecular complexity index is 460. The second-order valence-corrected chi connectivity index (χ2v) is 11.2. The van der Waals surface area contributed by atoms with E-state index in [1.165, 1.54) is 148 Å². The standard InChI is InChI=1S/C34H66O3/c1-2-3-4-5-6-7-8-13-16-19-22-25-28-31-34(36)37-33-30-27-24-21-18-15-12-10-9-11-14-17-20-23-26-29-32-35/h7-8,35H,2-6,9-33H2,1H3/b8-7-. The summed E-state index contributed by atoms with van der Waals surface area (Å²) in [7, 11) is 0. The van der Waals surface area contributed by atoms with Gasteiger partial charge < -0.3 is 9.84 Å². The lowest BCUT2D eigenvalue weighted by atomic mass is 10.0. The maximum atomic E-state index is 11.9. The summed E-state index contributed by atoms with van der Waals surface area (Å²) >= 11 is 0. The lowest BCUT2D eigenvalue weighted by Crippen LogP contribution is -2.05. The average Bonchev–Trinajstić information content (AvgIpc) is 2.90. The highest BCUT2D eigenvalue weighted by Gasteiger charge is 2.02. The molecule has 0 rings (SSSR count). The predicted molar refractivity (Wildman–Crippen MR) is 162 cm³/mol. The van der Waals surface area contributed by atoms with Crippen LogP contribution in [0.15, 0.2) is 12.2 Å². The van der Waals surface area contributed by atoms with Crippen molar-refractivity contribution in [2.75, 3.05) is 13.2 Å². The molecule has 0 unspecified atom stereocenters. The molecule has 37 heavy (non-hydrogen) atoms. The fourth-order valence-corrected chi connectivity index (χ4v) is 4.93. The summed E-state index contributed by atoms with van der Waals surface area (Å²) < 4.78 is 5.42. The number of aliphatic hydroxyl groups is 1. The van der Waals surface area contributed by atoms with Gasteiger partial charge in [0.05, 0.1) is 6.61 Å². The molecule has 0 aromatic carbocycles. The Labute approximate surface area is 232 Å². The molecule has 0 bridgehead atoms. The number of ether oxygens (including phenoxy) is 1. The van der Waals surface area contributed by atoms with E-state index in [1.807, 2.05) is 0 Å². The van der Waals surface area contributed by atoms with E-state index in [0.717, 1.165) is 25.7 Å². The number of rotatable bonds is 31. The van der Waals surface area contributed by atoms with Crippen molar-refractivity contribution in [2.24, 2.45) is 0 Å². The molecule has 0 aliphatic rings. The Morgan fingerprint density at radius 1 is 0.514 bits per heavy atom. The van der Waals surface area contributed by atoms with Crippen LogP contribution in [0.5, 0.6) is 0 Å². The van der Waals surface area contributed by atoms with E-state index in [-0.39, 0.29) is 5.97 Å². The predicted octanol–water partition coefficient (Wildman–Crippen LogP) is 11.0. The SMILES string of the molecule is CCCCCC/C=C\CCCCCCCC(=O)OCCCCCCCCCCCCCCCCCCO. The van der Waals surface area contributed by atoms with Crippen molar-refractivity contribution in [1.29, 1.82) is 0 Å². The number of aliphatic hydroxyl groups excluding tert-OH is 1. The topological polar surface area (TPSA) is 46.5 Å². The van der Waals surface area contributed by atoms with Gasteiger partial charge in [0.15, 0.2) is 0 Å². The van der Waals surface area contributed by atoms with Crippen LogP contribution < -0.4 is 0 Å². The van der Waals surface area contributed by atoms with Gasteiger partial charge in [0.1, 0.15) is 0 Å². The van der Waals surface area contributed by atoms with Gasteiger partial charge in [-0.05, 0) is 44.9 Å². The van der Waals surface area contributed by atoms with Crippen LogP contribution in [0.2, 0.25) is 0 Å². The smallest absolute Gasteiger partial charge is 0.305 e. The minimum absolute atomic E-state index is 0.00713. The largest absolute Gasteiger partial charge is 0.466 e. The number of unbranched alkanes of at least 4 members (excludes halogenated alkanes) is 24.